The van der Waals surface area contributed by atoms with Crippen LogP contribution in [0.2, 0.25) is 0 Å². The normalized spacial score (nSPS) is 10.3. The molecule has 0 aliphatic heterocycles. The smallest absolute Gasteiger partial charge is 0.341 e. The number of benzene rings is 1. The van der Waals surface area contributed by atoms with Crippen molar-refractivity contribution in [1.29, 1.82) is 0 Å². The Balaban J connectivity index is 1.95. The summed E-state index contributed by atoms with van der Waals surface area (Å²) in [4.78, 5) is 25.4. The van der Waals surface area contributed by atoms with Crippen molar-refractivity contribution < 1.29 is 28.2 Å². The van der Waals surface area contributed by atoms with E-state index < -0.39 is 5.97 Å². The van der Waals surface area contributed by atoms with Gasteiger partial charge >= 0.3 is 5.97 Å². The lowest BCUT2D eigenvalue weighted by atomic mass is 10.2. The highest BCUT2D eigenvalue weighted by Gasteiger charge is 2.18. The third-order valence-electron chi connectivity index (χ3n) is 3.69. The first-order chi connectivity index (χ1) is 12.5. The Kier molecular flexibility index (Phi) is 6.66. The predicted octanol–water partition coefficient (Wildman–Crippen LogP) is 2.81. The van der Waals surface area contributed by atoms with E-state index in [1.165, 1.54) is 12.0 Å². The van der Waals surface area contributed by atoms with Crippen molar-refractivity contribution in [3.05, 3.63) is 47.4 Å². The fourth-order valence-electron chi connectivity index (χ4n) is 2.35. The highest BCUT2D eigenvalue weighted by Crippen LogP contribution is 2.26. The van der Waals surface area contributed by atoms with Crippen molar-refractivity contribution in [2.75, 3.05) is 27.4 Å². The zero-order valence-corrected chi connectivity index (χ0v) is 15.4. The van der Waals surface area contributed by atoms with Crippen LogP contribution in [-0.4, -0.2) is 44.1 Å². The number of furan rings is 1. The van der Waals surface area contributed by atoms with Gasteiger partial charge in [0.15, 0.2) is 18.1 Å². The van der Waals surface area contributed by atoms with Gasteiger partial charge in [-0.25, -0.2) is 4.79 Å². The molecule has 7 nitrogen and oxygen atoms in total. The zero-order chi connectivity index (χ0) is 19.1. The lowest BCUT2D eigenvalue weighted by molar-refractivity contribution is -0.132. The molecule has 1 aromatic carbocycles. The number of nitrogens with zero attached hydrogens (tertiary/aromatic N) is 1. The number of methoxy groups -OCH3 is 1. The number of aryl methyl sites for hydroxylation is 1. The van der Waals surface area contributed by atoms with Crippen molar-refractivity contribution in [2.45, 2.75) is 20.4 Å². The maximum absolute atomic E-state index is 12.3. The van der Waals surface area contributed by atoms with E-state index in [0.717, 1.165) is 0 Å². The van der Waals surface area contributed by atoms with Gasteiger partial charge < -0.3 is 23.5 Å². The van der Waals surface area contributed by atoms with Crippen LogP contribution in [0.3, 0.4) is 0 Å². The number of rotatable bonds is 8. The molecule has 0 fully saturated rings. The minimum Gasteiger partial charge on any atom is -0.490 e. The summed E-state index contributed by atoms with van der Waals surface area (Å²) in [6, 6.07) is 8.76. The van der Waals surface area contributed by atoms with Gasteiger partial charge in [0.05, 0.1) is 20.3 Å². The Morgan fingerprint density at radius 1 is 1.15 bits per heavy atom. The summed E-state index contributed by atoms with van der Waals surface area (Å²) in [6.07, 6.45) is 0. The fraction of sp³-hybridized carbons (Fsp3) is 0.368. The van der Waals surface area contributed by atoms with Crippen molar-refractivity contribution >= 4 is 11.9 Å². The van der Waals surface area contributed by atoms with Crippen molar-refractivity contribution in [3.63, 3.8) is 0 Å². The van der Waals surface area contributed by atoms with Crippen LogP contribution in [0.1, 0.15) is 28.8 Å². The second-order valence-electron chi connectivity index (χ2n) is 5.59. The third kappa shape index (κ3) is 4.78. The zero-order valence-electron chi connectivity index (χ0n) is 15.4. The minimum absolute atomic E-state index is 0.135. The van der Waals surface area contributed by atoms with Crippen molar-refractivity contribution in [3.8, 4) is 11.5 Å². The van der Waals surface area contributed by atoms with Gasteiger partial charge in [0.25, 0.3) is 5.91 Å². The van der Waals surface area contributed by atoms with E-state index in [1.54, 1.807) is 32.2 Å². The van der Waals surface area contributed by atoms with Gasteiger partial charge in [0, 0.05) is 7.05 Å². The third-order valence-corrected chi connectivity index (χ3v) is 3.69. The van der Waals surface area contributed by atoms with Crippen LogP contribution in [-0.2, 0) is 16.1 Å². The number of ether oxygens (including phenoxy) is 3. The first kappa shape index (κ1) is 19.4. The highest BCUT2D eigenvalue weighted by atomic mass is 16.5. The lowest BCUT2D eigenvalue weighted by Crippen LogP contribution is -2.30. The summed E-state index contributed by atoms with van der Waals surface area (Å²) in [5.41, 5.74) is 0.352. The van der Waals surface area contributed by atoms with Crippen molar-refractivity contribution in [2.24, 2.45) is 0 Å². The second kappa shape index (κ2) is 8.94. The van der Waals surface area contributed by atoms with Gasteiger partial charge in [0.2, 0.25) is 0 Å². The molecule has 2 rings (SSSR count). The summed E-state index contributed by atoms with van der Waals surface area (Å²) in [7, 11) is 2.94. The average Bonchev–Trinajstić information content (AvgIpc) is 3.00. The molecule has 1 heterocycles. The number of hydrogen-bond donors (Lipinski definition) is 0. The maximum Gasteiger partial charge on any atom is 0.341 e. The Hall–Kier alpha value is -2.96. The first-order valence-corrected chi connectivity index (χ1v) is 8.22. The Morgan fingerprint density at radius 2 is 1.81 bits per heavy atom. The average molecular weight is 361 g/mol. The Bertz CT molecular complexity index is 767. The quantitative estimate of drug-likeness (QED) is 0.673. The van der Waals surface area contributed by atoms with Crippen LogP contribution in [0.5, 0.6) is 11.5 Å². The molecular formula is C19H23NO6. The van der Waals surface area contributed by atoms with E-state index in [0.29, 0.717) is 35.2 Å². The standard InChI is InChI=1S/C19H23NO6/c1-5-24-16-8-6-7-9-17(16)25-12-18(21)20(3)11-14-10-15(13(2)26-14)19(22)23-4/h6-10H,5,11-12H2,1-4H3. The van der Waals surface area contributed by atoms with E-state index in [9.17, 15) is 9.59 Å². The van der Waals surface area contributed by atoms with Gasteiger partial charge in [-0.15, -0.1) is 0 Å². The Labute approximate surface area is 152 Å². The van der Waals surface area contributed by atoms with E-state index in [1.807, 2.05) is 19.1 Å². The molecular weight excluding hydrogens is 338 g/mol. The molecule has 140 valence electrons. The largest absolute Gasteiger partial charge is 0.490 e. The molecule has 0 aliphatic rings. The summed E-state index contributed by atoms with van der Waals surface area (Å²) < 4.78 is 21.2. The molecule has 0 radical (unpaired) electrons. The highest BCUT2D eigenvalue weighted by molar-refractivity contribution is 5.90. The van der Waals surface area contributed by atoms with Gasteiger partial charge in [0.1, 0.15) is 17.1 Å². The van der Waals surface area contributed by atoms with Crippen LogP contribution >= 0.6 is 0 Å². The maximum atomic E-state index is 12.3. The summed E-state index contributed by atoms with van der Waals surface area (Å²) in [5.74, 6) is 1.35. The molecule has 7 heteroatoms. The number of para-hydroxylation sites is 2. The van der Waals surface area contributed by atoms with Gasteiger partial charge in [-0.2, -0.15) is 0 Å². The SMILES string of the molecule is CCOc1ccccc1OCC(=O)N(C)Cc1cc(C(=O)OC)c(C)o1. The summed E-state index contributed by atoms with van der Waals surface area (Å²) in [6.45, 7) is 4.14. The molecule has 0 spiro atoms. The molecule has 0 atom stereocenters. The number of hydrogen-bond acceptors (Lipinski definition) is 6. The molecule has 1 amide bonds. The lowest BCUT2D eigenvalue weighted by Gasteiger charge is -2.17. The van der Waals surface area contributed by atoms with Gasteiger partial charge in [-0.1, -0.05) is 12.1 Å². The van der Waals surface area contributed by atoms with Gasteiger partial charge in [-0.05, 0) is 32.0 Å². The van der Waals surface area contributed by atoms with Crippen LogP contribution in [0.25, 0.3) is 0 Å². The second-order valence-corrected chi connectivity index (χ2v) is 5.59. The van der Waals surface area contributed by atoms with Crippen LogP contribution in [0, 0.1) is 6.92 Å². The minimum atomic E-state index is -0.470. The predicted molar refractivity (Wildman–Crippen MR) is 94.4 cm³/mol. The molecule has 2 aromatic rings. The van der Waals surface area contributed by atoms with Crippen LogP contribution in [0.15, 0.2) is 34.7 Å². The van der Waals surface area contributed by atoms with Gasteiger partial charge in [-0.3, -0.25) is 4.79 Å². The first-order valence-electron chi connectivity index (χ1n) is 8.22. The molecule has 0 unspecified atom stereocenters. The molecule has 0 bridgehead atoms. The molecule has 0 N–H and O–H groups in total. The van der Waals surface area contributed by atoms with Crippen LogP contribution in [0.4, 0.5) is 0 Å². The molecule has 1 aromatic heterocycles. The van der Waals surface area contributed by atoms with E-state index in [4.69, 9.17) is 18.6 Å². The number of carbonyl (C=O) groups is 2. The molecule has 0 saturated heterocycles. The molecule has 26 heavy (non-hydrogen) atoms. The van der Waals surface area contributed by atoms with E-state index >= 15 is 0 Å². The number of carbonyl (C=O) groups excluding carboxylic acids is 2. The molecule has 0 aliphatic carbocycles. The number of amides is 1. The Morgan fingerprint density at radius 3 is 2.42 bits per heavy atom. The van der Waals surface area contributed by atoms with E-state index in [2.05, 4.69) is 0 Å². The summed E-state index contributed by atoms with van der Waals surface area (Å²) in [5, 5.41) is 0. The fourth-order valence-corrected chi connectivity index (χ4v) is 2.35. The summed E-state index contributed by atoms with van der Waals surface area (Å²) >= 11 is 0. The topological polar surface area (TPSA) is 78.2 Å². The monoisotopic (exact) mass is 361 g/mol. The number of likely N-dealkylation sites (N-methyl/N-ethyl adjacent to an activating group) is 1. The van der Waals surface area contributed by atoms with Crippen molar-refractivity contribution in [1.82, 2.24) is 4.90 Å². The van der Waals surface area contributed by atoms with Crippen LogP contribution < -0.4 is 9.47 Å². The molecule has 0 saturated carbocycles. The number of esters is 1. The van der Waals surface area contributed by atoms with E-state index in [-0.39, 0.29) is 19.1 Å².